The normalized spacial score (nSPS) is 20.1. The predicted octanol–water partition coefficient (Wildman–Crippen LogP) is 4.22. The highest BCUT2D eigenvalue weighted by atomic mass is 32.2. The summed E-state index contributed by atoms with van der Waals surface area (Å²) >= 11 is 1.52. The van der Waals surface area contributed by atoms with Crippen LogP contribution in [0, 0.1) is 12.8 Å². The first-order valence-corrected chi connectivity index (χ1v) is 14.0. The van der Waals surface area contributed by atoms with Gasteiger partial charge in [0.2, 0.25) is 15.9 Å². The summed E-state index contributed by atoms with van der Waals surface area (Å²) in [4.78, 5) is 20.5. The average Bonchev–Trinajstić information content (AvgIpc) is 3.52. The number of carbonyl (C=O) groups excluding carboxylic acids is 1. The number of piperidine rings is 1. The highest BCUT2D eigenvalue weighted by Gasteiger charge is 2.36. The van der Waals surface area contributed by atoms with Crippen LogP contribution in [-0.2, 0) is 19.6 Å². The second-order valence-corrected chi connectivity index (χ2v) is 12.0. The lowest BCUT2D eigenvalue weighted by Gasteiger charge is -2.33. The summed E-state index contributed by atoms with van der Waals surface area (Å²) in [5.74, 6) is -0.222. The van der Waals surface area contributed by atoms with Crippen LogP contribution in [-0.4, -0.2) is 56.0 Å². The Morgan fingerprint density at radius 2 is 1.85 bits per heavy atom. The lowest BCUT2D eigenvalue weighted by molar-refractivity contribution is -0.123. The smallest absolute Gasteiger partial charge is 0.243 e. The fourth-order valence-electron chi connectivity index (χ4n) is 4.65. The fourth-order valence-corrected chi connectivity index (χ4v) is 7.10. The minimum absolute atomic E-state index is 0.0120. The Balaban J connectivity index is 1.32. The number of rotatable bonds is 6. The van der Waals surface area contributed by atoms with Crippen molar-refractivity contribution >= 4 is 42.6 Å². The lowest BCUT2D eigenvalue weighted by Crippen LogP contribution is -2.46. The Morgan fingerprint density at radius 1 is 1.12 bits per heavy atom. The summed E-state index contributed by atoms with van der Waals surface area (Å²) in [6, 6.07) is 14.8. The van der Waals surface area contributed by atoms with Gasteiger partial charge in [0.05, 0.1) is 27.8 Å². The second-order valence-electron chi connectivity index (χ2n) is 9.04. The van der Waals surface area contributed by atoms with Crippen molar-refractivity contribution in [3.63, 3.8) is 0 Å². The maximum absolute atomic E-state index is 13.7. The molecule has 0 bridgehead atoms. The van der Waals surface area contributed by atoms with E-state index in [0.29, 0.717) is 42.5 Å². The van der Waals surface area contributed by atoms with E-state index in [1.54, 1.807) is 17.0 Å². The average molecular weight is 500 g/mol. The molecule has 2 saturated heterocycles. The van der Waals surface area contributed by atoms with Crippen molar-refractivity contribution < 1.29 is 17.9 Å². The zero-order chi connectivity index (χ0) is 23.7. The quantitative estimate of drug-likeness (QED) is 0.507. The molecule has 5 rings (SSSR count). The van der Waals surface area contributed by atoms with E-state index in [-0.39, 0.29) is 17.9 Å². The Kier molecular flexibility index (Phi) is 6.70. The molecule has 3 heterocycles. The molecule has 0 saturated carbocycles. The third-order valence-corrected chi connectivity index (χ3v) is 9.62. The fraction of sp³-hybridized carbons (Fsp3) is 0.440. The minimum Gasteiger partial charge on any atom is -0.376 e. The Labute approximate surface area is 204 Å². The largest absolute Gasteiger partial charge is 0.376 e. The van der Waals surface area contributed by atoms with E-state index in [1.807, 2.05) is 43.3 Å². The van der Waals surface area contributed by atoms with E-state index >= 15 is 0 Å². The van der Waals surface area contributed by atoms with Gasteiger partial charge in [-0.25, -0.2) is 13.4 Å². The third-order valence-electron chi connectivity index (χ3n) is 6.65. The first-order valence-electron chi connectivity index (χ1n) is 11.8. The van der Waals surface area contributed by atoms with E-state index in [1.165, 1.54) is 15.6 Å². The molecule has 2 aliphatic heterocycles. The van der Waals surface area contributed by atoms with Crippen molar-refractivity contribution in [3.8, 4) is 0 Å². The summed E-state index contributed by atoms with van der Waals surface area (Å²) in [6.07, 6.45) is 2.94. The number of aryl methyl sites for hydroxylation is 1. The lowest BCUT2D eigenvalue weighted by atomic mass is 9.96. The topological polar surface area (TPSA) is 79.8 Å². The SMILES string of the molecule is Cc1ccc(S(=O)(=O)N2CCC(C(=O)N(CC3CCCO3)c3nc4ccccc4s3)CC2)cc1. The second kappa shape index (κ2) is 9.73. The summed E-state index contributed by atoms with van der Waals surface area (Å²) < 4.78 is 34.5. The molecule has 0 radical (unpaired) electrons. The number of sulfonamides is 1. The molecule has 180 valence electrons. The van der Waals surface area contributed by atoms with Gasteiger partial charge in [0.1, 0.15) is 0 Å². The molecule has 1 aromatic heterocycles. The van der Waals surface area contributed by atoms with Gasteiger partial charge in [0.15, 0.2) is 5.13 Å². The van der Waals surface area contributed by atoms with Crippen LogP contribution in [0.1, 0.15) is 31.2 Å². The number of fused-ring (bicyclic) bond motifs is 1. The zero-order valence-electron chi connectivity index (χ0n) is 19.2. The molecule has 0 spiro atoms. The molecule has 1 amide bonds. The highest BCUT2D eigenvalue weighted by Crippen LogP contribution is 2.33. The van der Waals surface area contributed by atoms with Crippen LogP contribution in [0.4, 0.5) is 5.13 Å². The molecule has 2 fully saturated rings. The van der Waals surface area contributed by atoms with Crippen LogP contribution in [0.3, 0.4) is 0 Å². The van der Waals surface area contributed by atoms with E-state index < -0.39 is 10.0 Å². The summed E-state index contributed by atoms with van der Waals surface area (Å²) in [5, 5.41) is 0.691. The summed E-state index contributed by atoms with van der Waals surface area (Å²) in [7, 11) is -3.56. The number of para-hydroxylation sites is 1. The maximum Gasteiger partial charge on any atom is 0.243 e. The van der Waals surface area contributed by atoms with Crippen molar-refractivity contribution in [1.82, 2.24) is 9.29 Å². The monoisotopic (exact) mass is 499 g/mol. The van der Waals surface area contributed by atoms with Gasteiger partial charge in [0.25, 0.3) is 0 Å². The first kappa shape index (κ1) is 23.4. The van der Waals surface area contributed by atoms with Crippen LogP contribution in [0.2, 0.25) is 0 Å². The molecule has 1 atom stereocenters. The molecule has 0 N–H and O–H groups in total. The molecule has 3 aromatic rings. The molecule has 7 nitrogen and oxygen atoms in total. The molecular formula is C25H29N3O4S2. The Hall–Kier alpha value is -2.33. The van der Waals surface area contributed by atoms with Gasteiger partial charge in [-0.2, -0.15) is 4.31 Å². The zero-order valence-corrected chi connectivity index (χ0v) is 20.9. The van der Waals surface area contributed by atoms with Crippen LogP contribution >= 0.6 is 11.3 Å². The van der Waals surface area contributed by atoms with Crippen molar-refractivity contribution in [3.05, 3.63) is 54.1 Å². The van der Waals surface area contributed by atoms with Crippen LogP contribution in [0.25, 0.3) is 10.2 Å². The van der Waals surface area contributed by atoms with Gasteiger partial charge < -0.3 is 4.74 Å². The van der Waals surface area contributed by atoms with E-state index in [2.05, 4.69) is 0 Å². The van der Waals surface area contributed by atoms with Crippen LogP contribution in [0.5, 0.6) is 0 Å². The van der Waals surface area contributed by atoms with Crippen molar-refractivity contribution in [2.75, 3.05) is 31.1 Å². The van der Waals surface area contributed by atoms with Gasteiger partial charge in [0, 0.05) is 25.6 Å². The number of nitrogens with zero attached hydrogens (tertiary/aromatic N) is 3. The number of hydrogen-bond acceptors (Lipinski definition) is 6. The highest BCUT2D eigenvalue weighted by molar-refractivity contribution is 7.89. The molecule has 9 heteroatoms. The molecular weight excluding hydrogens is 470 g/mol. The van der Waals surface area contributed by atoms with Gasteiger partial charge in [-0.3, -0.25) is 9.69 Å². The van der Waals surface area contributed by atoms with E-state index in [4.69, 9.17) is 9.72 Å². The van der Waals surface area contributed by atoms with Gasteiger partial charge in [-0.05, 0) is 56.9 Å². The van der Waals surface area contributed by atoms with E-state index in [9.17, 15) is 13.2 Å². The van der Waals surface area contributed by atoms with Crippen molar-refractivity contribution in [2.24, 2.45) is 5.92 Å². The van der Waals surface area contributed by atoms with Crippen LogP contribution < -0.4 is 4.90 Å². The van der Waals surface area contributed by atoms with Crippen LogP contribution in [0.15, 0.2) is 53.4 Å². The molecule has 2 aliphatic rings. The molecule has 34 heavy (non-hydrogen) atoms. The Bertz CT molecular complexity index is 1230. The maximum atomic E-state index is 13.7. The standard InChI is InChI=1S/C25H29N3O4S2/c1-18-8-10-21(11-9-18)34(30,31)27-14-12-19(13-15-27)24(29)28(17-20-5-4-16-32-20)25-26-22-6-2-3-7-23(22)33-25/h2-3,6-11,19-20H,4-5,12-17H2,1H3. The number of aromatic nitrogens is 1. The number of benzene rings is 2. The van der Waals surface area contributed by atoms with Gasteiger partial charge in [-0.1, -0.05) is 41.2 Å². The third kappa shape index (κ3) is 4.75. The van der Waals surface area contributed by atoms with E-state index in [0.717, 1.165) is 35.2 Å². The number of thiazole rings is 1. The number of ether oxygens (including phenoxy) is 1. The van der Waals surface area contributed by atoms with Crippen molar-refractivity contribution in [2.45, 2.75) is 43.6 Å². The summed E-state index contributed by atoms with van der Waals surface area (Å²) in [5.41, 5.74) is 1.90. The number of anilines is 1. The molecule has 1 unspecified atom stereocenters. The summed E-state index contributed by atoms with van der Waals surface area (Å²) in [6.45, 7) is 3.81. The minimum atomic E-state index is -3.56. The molecule has 2 aromatic carbocycles. The number of amides is 1. The molecule has 0 aliphatic carbocycles. The van der Waals surface area contributed by atoms with Gasteiger partial charge in [-0.15, -0.1) is 0 Å². The van der Waals surface area contributed by atoms with Crippen molar-refractivity contribution in [1.29, 1.82) is 0 Å². The Morgan fingerprint density at radius 3 is 2.53 bits per heavy atom. The first-order chi connectivity index (χ1) is 16.4. The predicted molar refractivity (Wildman–Crippen MR) is 134 cm³/mol. The van der Waals surface area contributed by atoms with Gasteiger partial charge >= 0.3 is 0 Å². The number of hydrogen-bond donors (Lipinski definition) is 0. The number of carbonyl (C=O) groups is 1.